The molecule has 0 atom stereocenters. The van der Waals surface area contributed by atoms with Crippen LogP contribution in [-0.4, -0.2) is 6.54 Å². The lowest BCUT2D eigenvalue weighted by molar-refractivity contribution is -0.138. The van der Waals surface area contributed by atoms with Gasteiger partial charge in [-0.3, -0.25) is 0 Å². The topological polar surface area (TPSA) is 26.0 Å². The molecule has 0 radical (unpaired) electrons. The van der Waals surface area contributed by atoms with Crippen LogP contribution in [0.2, 0.25) is 0 Å². The number of rotatable bonds is 2. The Labute approximate surface area is 99.2 Å². The highest BCUT2D eigenvalue weighted by molar-refractivity contribution is 5.85. The third kappa shape index (κ3) is 3.12. The van der Waals surface area contributed by atoms with E-state index < -0.39 is 17.2 Å². The first-order valence-corrected chi connectivity index (χ1v) is 4.66. The summed E-state index contributed by atoms with van der Waals surface area (Å²) in [5, 5.41) is 0. The first-order valence-electron chi connectivity index (χ1n) is 4.66. The minimum Gasteiger partial charge on any atom is -0.330 e. The summed E-state index contributed by atoms with van der Waals surface area (Å²) in [5.74, 6) is 0. The Morgan fingerprint density at radius 1 is 1.06 bits per heavy atom. The van der Waals surface area contributed by atoms with Crippen molar-refractivity contribution in [1.82, 2.24) is 0 Å². The molecule has 16 heavy (non-hydrogen) atoms. The van der Waals surface area contributed by atoms with Gasteiger partial charge >= 0.3 is 6.18 Å². The van der Waals surface area contributed by atoms with Crippen LogP contribution in [0.25, 0.3) is 0 Å². The van der Waals surface area contributed by atoms with Crippen molar-refractivity contribution in [1.29, 1.82) is 0 Å². The van der Waals surface area contributed by atoms with Crippen molar-refractivity contribution in [2.24, 2.45) is 5.73 Å². The lowest BCUT2D eigenvalue weighted by Crippen LogP contribution is -2.30. The van der Waals surface area contributed by atoms with Crippen molar-refractivity contribution >= 4 is 12.4 Å². The Kier molecular flexibility index (Phi) is 4.83. The highest BCUT2D eigenvalue weighted by Gasteiger charge is 2.36. The molecule has 0 saturated carbocycles. The second-order valence-electron chi connectivity index (χ2n) is 4.13. The second kappa shape index (κ2) is 5.06. The Morgan fingerprint density at radius 2 is 1.50 bits per heavy atom. The zero-order chi connectivity index (χ0) is 11.7. The van der Waals surface area contributed by atoms with E-state index in [4.69, 9.17) is 5.73 Å². The van der Waals surface area contributed by atoms with Crippen LogP contribution < -0.4 is 5.73 Å². The van der Waals surface area contributed by atoms with Gasteiger partial charge in [-0.25, -0.2) is 0 Å². The van der Waals surface area contributed by atoms with Gasteiger partial charge in [0.2, 0.25) is 0 Å². The monoisotopic (exact) mass is 253 g/mol. The first-order chi connectivity index (χ1) is 6.79. The number of alkyl halides is 3. The van der Waals surface area contributed by atoms with Crippen molar-refractivity contribution in [2.45, 2.75) is 25.4 Å². The van der Waals surface area contributed by atoms with E-state index in [9.17, 15) is 13.2 Å². The third-order valence-corrected chi connectivity index (χ3v) is 2.47. The van der Waals surface area contributed by atoms with E-state index in [1.54, 1.807) is 19.9 Å². The van der Waals surface area contributed by atoms with Gasteiger partial charge in [0.15, 0.2) is 0 Å². The normalized spacial score (nSPS) is 12.1. The summed E-state index contributed by atoms with van der Waals surface area (Å²) in [7, 11) is 0. The molecule has 1 aromatic carbocycles. The molecule has 0 heterocycles. The van der Waals surface area contributed by atoms with E-state index in [1.165, 1.54) is 12.1 Å². The van der Waals surface area contributed by atoms with E-state index >= 15 is 0 Å². The lowest BCUT2D eigenvalue weighted by atomic mass is 9.82. The molecule has 0 bridgehead atoms. The summed E-state index contributed by atoms with van der Waals surface area (Å²) in [6.07, 6.45) is -4.32. The van der Waals surface area contributed by atoms with Crippen LogP contribution in [0.5, 0.6) is 0 Å². The van der Waals surface area contributed by atoms with E-state index in [1.807, 2.05) is 0 Å². The van der Waals surface area contributed by atoms with Crippen LogP contribution in [0.4, 0.5) is 13.2 Å². The van der Waals surface area contributed by atoms with Crippen molar-refractivity contribution < 1.29 is 13.2 Å². The highest BCUT2D eigenvalue weighted by Crippen LogP contribution is 2.36. The van der Waals surface area contributed by atoms with Gasteiger partial charge in [0.25, 0.3) is 0 Å². The summed E-state index contributed by atoms with van der Waals surface area (Å²) in [4.78, 5) is 0. The van der Waals surface area contributed by atoms with Gasteiger partial charge in [0.05, 0.1) is 5.56 Å². The number of benzene rings is 1. The SMILES string of the molecule is CC(C)(CN)c1ccccc1C(F)(F)F.Cl. The van der Waals surface area contributed by atoms with Crippen LogP contribution in [0.15, 0.2) is 24.3 Å². The summed E-state index contributed by atoms with van der Waals surface area (Å²) < 4.78 is 38.0. The summed E-state index contributed by atoms with van der Waals surface area (Å²) in [6, 6.07) is 5.56. The van der Waals surface area contributed by atoms with Crippen LogP contribution >= 0.6 is 12.4 Å². The van der Waals surface area contributed by atoms with Crippen molar-refractivity contribution in [3.8, 4) is 0 Å². The lowest BCUT2D eigenvalue weighted by Gasteiger charge is -2.26. The summed E-state index contributed by atoms with van der Waals surface area (Å²) in [6.45, 7) is 3.59. The molecule has 0 unspecified atom stereocenters. The zero-order valence-corrected chi connectivity index (χ0v) is 9.95. The van der Waals surface area contributed by atoms with Crippen LogP contribution in [-0.2, 0) is 11.6 Å². The van der Waals surface area contributed by atoms with Crippen LogP contribution in [0.1, 0.15) is 25.0 Å². The largest absolute Gasteiger partial charge is 0.416 e. The molecule has 0 spiro atoms. The zero-order valence-electron chi connectivity index (χ0n) is 9.14. The van der Waals surface area contributed by atoms with E-state index in [0.29, 0.717) is 0 Å². The second-order valence-corrected chi connectivity index (χ2v) is 4.13. The molecule has 0 aliphatic carbocycles. The third-order valence-electron chi connectivity index (χ3n) is 2.47. The molecular formula is C11H15ClF3N. The van der Waals surface area contributed by atoms with E-state index in [0.717, 1.165) is 6.07 Å². The van der Waals surface area contributed by atoms with Crippen molar-refractivity contribution in [2.75, 3.05) is 6.54 Å². The fraction of sp³-hybridized carbons (Fsp3) is 0.455. The van der Waals surface area contributed by atoms with Gasteiger partial charge in [0.1, 0.15) is 0 Å². The van der Waals surface area contributed by atoms with Gasteiger partial charge in [-0.05, 0) is 11.6 Å². The molecule has 2 N–H and O–H groups in total. The minimum absolute atomic E-state index is 0. The van der Waals surface area contributed by atoms with Crippen LogP contribution in [0, 0.1) is 0 Å². The first kappa shape index (κ1) is 15.3. The summed E-state index contributed by atoms with van der Waals surface area (Å²) >= 11 is 0. The average Bonchev–Trinajstić information content (AvgIpc) is 2.16. The maximum Gasteiger partial charge on any atom is 0.416 e. The standard InChI is InChI=1S/C11H14F3N.ClH/c1-10(2,7-15)8-5-3-4-6-9(8)11(12,13)14;/h3-6H,7,15H2,1-2H3;1H. The Morgan fingerprint density at radius 3 is 1.88 bits per heavy atom. The van der Waals surface area contributed by atoms with Gasteiger partial charge in [-0.2, -0.15) is 13.2 Å². The number of hydrogen-bond donors (Lipinski definition) is 1. The predicted octanol–water partition coefficient (Wildman–Crippen LogP) is 3.36. The Hall–Kier alpha value is -0.740. The molecule has 0 fully saturated rings. The molecule has 1 aromatic rings. The van der Waals surface area contributed by atoms with Crippen molar-refractivity contribution in [3.05, 3.63) is 35.4 Å². The van der Waals surface area contributed by atoms with Crippen LogP contribution in [0.3, 0.4) is 0 Å². The predicted molar refractivity (Wildman–Crippen MR) is 60.8 cm³/mol. The molecule has 0 amide bonds. The Balaban J connectivity index is 0.00000225. The molecule has 0 aromatic heterocycles. The quantitative estimate of drug-likeness (QED) is 0.859. The fourth-order valence-corrected chi connectivity index (χ4v) is 1.43. The van der Waals surface area contributed by atoms with E-state index in [-0.39, 0.29) is 24.5 Å². The highest BCUT2D eigenvalue weighted by atomic mass is 35.5. The maximum absolute atomic E-state index is 12.7. The molecule has 1 nitrogen and oxygen atoms in total. The smallest absolute Gasteiger partial charge is 0.330 e. The van der Waals surface area contributed by atoms with Gasteiger partial charge in [0, 0.05) is 12.0 Å². The van der Waals surface area contributed by atoms with Gasteiger partial charge in [-0.15, -0.1) is 12.4 Å². The molecule has 1 rings (SSSR count). The fourth-order valence-electron chi connectivity index (χ4n) is 1.43. The minimum atomic E-state index is -4.32. The maximum atomic E-state index is 12.7. The van der Waals surface area contributed by atoms with Gasteiger partial charge in [-0.1, -0.05) is 32.0 Å². The van der Waals surface area contributed by atoms with E-state index in [2.05, 4.69) is 0 Å². The molecular weight excluding hydrogens is 239 g/mol. The number of nitrogens with two attached hydrogens (primary N) is 1. The molecule has 92 valence electrons. The molecule has 0 aliphatic rings. The van der Waals surface area contributed by atoms with Crippen molar-refractivity contribution in [3.63, 3.8) is 0 Å². The number of hydrogen-bond acceptors (Lipinski definition) is 1. The molecule has 0 aliphatic heterocycles. The van der Waals surface area contributed by atoms with Gasteiger partial charge < -0.3 is 5.73 Å². The summed E-state index contributed by atoms with van der Waals surface area (Å²) in [5.41, 5.74) is 4.48. The average molecular weight is 254 g/mol. The number of halogens is 4. The molecule has 5 heteroatoms. The Bertz CT molecular complexity index is 347. The molecule has 0 saturated heterocycles.